The van der Waals surface area contributed by atoms with E-state index in [1.54, 1.807) is 0 Å². The van der Waals surface area contributed by atoms with Crippen molar-refractivity contribution in [3.63, 3.8) is 0 Å². The van der Waals surface area contributed by atoms with Crippen LogP contribution in [0, 0.1) is 13.8 Å². The first-order valence-corrected chi connectivity index (χ1v) is 6.64. The maximum absolute atomic E-state index is 10.1. The summed E-state index contributed by atoms with van der Waals surface area (Å²) in [4.78, 5) is 0. The molecule has 0 heterocycles. The molecular formula is C15H25NO2. The van der Waals surface area contributed by atoms with Gasteiger partial charge >= 0.3 is 0 Å². The first kappa shape index (κ1) is 15.0. The fourth-order valence-corrected chi connectivity index (χ4v) is 2.03. The smallest absolute Gasteiger partial charge is 0.125 e. The molecule has 102 valence electrons. The summed E-state index contributed by atoms with van der Waals surface area (Å²) in [6, 6.07) is 6.12. The zero-order valence-corrected chi connectivity index (χ0v) is 11.7. The molecule has 1 unspecified atom stereocenters. The van der Waals surface area contributed by atoms with Crippen LogP contribution in [0.1, 0.15) is 37.3 Å². The minimum Gasteiger partial charge on any atom is -0.493 e. The molecule has 1 atom stereocenters. The van der Waals surface area contributed by atoms with Crippen LogP contribution in [0.15, 0.2) is 18.2 Å². The summed E-state index contributed by atoms with van der Waals surface area (Å²) in [5, 5.41) is 10.1. The van der Waals surface area contributed by atoms with Crippen molar-refractivity contribution < 1.29 is 9.84 Å². The highest BCUT2D eigenvalue weighted by Gasteiger charge is 2.21. The highest BCUT2D eigenvalue weighted by atomic mass is 16.5. The Bertz CT molecular complexity index is 353. The number of hydrogen-bond acceptors (Lipinski definition) is 3. The minimum absolute atomic E-state index is 0.312. The van der Waals surface area contributed by atoms with Crippen molar-refractivity contribution in [3.05, 3.63) is 29.3 Å². The number of aliphatic hydroxyl groups is 1. The molecule has 0 aliphatic rings. The van der Waals surface area contributed by atoms with E-state index in [1.807, 2.05) is 39.0 Å². The highest BCUT2D eigenvalue weighted by molar-refractivity contribution is 5.39. The van der Waals surface area contributed by atoms with Gasteiger partial charge in [0.05, 0.1) is 12.2 Å². The van der Waals surface area contributed by atoms with Gasteiger partial charge in [-0.1, -0.05) is 25.1 Å². The molecule has 0 bridgehead atoms. The monoisotopic (exact) mass is 251 g/mol. The molecule has 0 saturated heterocycles. The average Bonchev–Trinajstić information content (AvgIpc) is 2.37. The molecular weight excluding hydrogens is 226 g/mol. The summed E-state index contributed by atoms with van der Waals surface area (Å²) >= 11 is 0. The van der Waals surface area contributed by atoms with E-state index in [-0.39, 0.29) is 0 Å². The summed E-state index contributed by atoms with van der Waals surface area (Å²) in [6.45, 7) is 6.98. The van der Waals surface area contributed by atoms with Gasteiger partial charge in [0.2, 0.25) is 0 Å². The summed E-state index contributed by atoms with van der Waals surface area (Å²) < 4.78 is 5.80. The Balaban J connectivity index is 2.43. The number of nitrogens with two attached hydrogens (primary N) is 1. The van der Waals surface area contributed by atoms with Gasteiger partial charge in [-0.3, -0.25) is 0 Å². The predicted octanol–water partition coefficient (Wildman–Crippen LogP) is 2.56. The molecule has 0 fully saturated rings. The number of rotatable bonds is 7. The van der Waals surface area contributed by atoms with Crippen LogP contribution in [-0.4, -0.2) is 23.9 Å². The Labute approximate surface area is 110 Å². The van der Waals surface area contributed by atoms with E-state index >= 15 is 0 Å². The second-order valence-corrected chi connectivity index (χ2v) is 4.95. The normalized spacial score (nSPS) is 14.3. The van der Waals surface area contributed by atoms with Crippen LogP contribution in [-0.2, 0) is 0 Å². The third kappa shape index (κ3) is 4.00. The molecule has 3 N–H and O–H groups in total. The van der Waals surface area contributed by atoms with Crippen molar-refractivity contribution >= 4 is 0 Å². The quantitative estimate of drug-likeness (QED) is 0.732. The van der Waals surface area contributed by atoms with Crippen LogP contribution in [0.5, 0.6) is 5.75 Å². The molecule has 3 nitrogen and oxygen atoms in total. The van der Waals surface area contributed by atoms with E-state index in [0.29, 0.717) is 26.0 Å². The van der Waals surface area contributed by atoms with E-state index in [0.717, 1.165) is 23.3 Å². The lowest BCUT2D eigenvalue weighted by Gasteiger charge is -2.24. The Hall–Kier alpha value is -1.06. The van der Waals surface area contributed by atoms with Gasteiger partial charge in [-0.05, 0) is 44.2 Å². The maximum atomic E-state index is 10.1. The van der Waals surface area contributed by atoms with E-state index < -0.39 is 5.60 Å². The molecule has 0 aromatic heterocycles. The van der Waals surface area contributed by atoms with Gasteiger partial charge in [0.1, 0.15) is 5.75 Å². The van der Waals surface area contributed by atoms with Crippen LogP contribution < -0.4 is 10.5 Å². The molecule has 1 aromatic carbocycles. The van der Waals surface area contributed by atoms with Gasteiger partial charge in [0.15, 0.2) is 0 Å². The topological polar surface area (TPSA) is 55.5 Å². The molecule has 0 spiro atoms. The molecule has 0 aliphatic heterocycles. The lowest BCUT2D eigenvalue weighted by molar-refractivity contribution is 0.0308. The van der Waals surface area contributed by atoms with Gasteiger partial charge in [-0.2, -0.15) is 0 Å². The molecule has 18 heavy (non-hydrogen) atoms. The molecule has 1 aromatic rings. The van der Waals surface area contributed by atoms with Crippen molar-refractivity contribution in [1.29, 1.82) is 0 Å². The SMILES string of the molecule is CCC(O)(CN)CCCOc1c(C)cccc1C. The van der Waals surface area contributed by atoms with E-state index in [2.05, 4.69) is 0 Å². The van der Waals surface area contributed by atoms with E-state index in [9.17, 15) is 5.11 Å². The van der Waals surface area contributed by atoms with Crippen LogP contribution in [0.4, 0.5) is 0 Å². The van der Waals surface area contributed by atoms with E-state index in [4.69, 9.17) is 10.5 Å². The molecule has 0 radical (unpaired) electrons. The second kappa shape index (κ2) is 6.76. The zero-order valence-electron chi connectivity index (χ0n) is 11.7. The number of hydrogen-bond donors (Lipinski definition) is 2. The average molecular weight is 251 g/mol. The van der Waals surface area contributed by atoms with Gasteiger partial charge in [0.25, 0.3) is 0 Å². The molecule has 1 rings (SSSR count). The summed E-state index contributed by atoms with van der Waals surface area (Å²) in [5.41, 5.74) is 7.14. The molecule has 0 saturated carbocycles. The lowest BCUT2D eigenvalue weighted by atomic mass is 9.95. The van der Waals surface area contributed by atoms with Crippen molar-refractivity contribution in [2.75, 3.05) is 13.2 Å². The first-order valence-electron chi connectivity index (χ1n) is 6.64. The summed E-state index contributed by atoms with van der Waals surface area (Å²) in [6.07, 6.45) is 2.19. The molecule has 3 heteroatoms. The predicted molar refractivity (Wildman–Crippen MR) is 74.9 cm³/mol. The maximum Gasteiger partial charge on any atom is 0.125 e. The summed E-state index contributed by atoms with van der Waals surface area (Å²) in [7, 11) is 0. The van der Waals surface area contributed by atoms with E-state index in [1.165, 1.54) is 0 Å². The molecule has 0 aliphatic carbocycles. The van der Waals surface area contributed by atoms with Gasteiger partial charge in [-0.25, -0.2) is 0 Å². The highest BCUT2D eigenvalue weighted by Crippen LogP contribution is 2.23. The van der Waals surface area contributed by atoms with Crippen molar-refractivity contribution in [3.8, 4) is 5.75 Å². The lowest BCUT2D eigenvalue weighted by Crippen LogP contribution is -2.37. The Morgan fingerprint density at radius 3 is 2.39 bits per heavy atom. The number of aryl methyl sites for hydroxylation is 2. The van der Waals surface area contributed by atoms with Gasteiger partial charge < -0.3 is 15.6 Å². The van der Waals surface area contributed by atoms with Crippen molar-refractivity contribution in [2.45, 2.75) is 45.6 Å². The van der Waals surface area contributed by atoms with Crippen LogP contribution in [0.2, 0.25) is 0 Å². The third-order valence-corrected chi connectivity index (χ3v) is 3.48. The number of para-hydroxylation sites is 1. The fraction of sp³-hybridized carbons (Fsp3) is 0.600. The van der Waals surface area contributed by atoms with Crippen molar-refractivity contribution in [2.24, 2.45) is 5.73 Å². The number of ether oxygens (including phenoxy) is 1. The third-order valence-electron chi connectivity index (χ3n) is 3.48. The standard InChI is InChI=1S/C15H25NO2/c1-4-15(17,11-16)9-6-10-18-14-12(2)7-5-8-13(14)3/h5,7-8,17H,4,6,9-11,16H2,1-3H3. The zero-order chi connectivity index (χ0) is 13.6. The fourth-order valence-electron chi connectivity index (χ4n) is 2.03. The van der Waals surface area contributed by atoms with Gasteiger partial charge in [0, 0.05) is 6.54 Å². The van der Waals surface area contributed by atoms with Gasteiger partial charge in [-0.15, -0.1) is 0 Å². The van der Waals surface area contributed by atoms with Crippen LogP contribution in [0.3, 0.4) is 0 Å². The first-order chi connectivity index (χ1) is 8.52. The summed E-state index contributed by atoms with van der Waals surface area (Å²) in [5.74, 6) is 0.963. The van der Waals surface area contributed by atoms with Crippen LogP contribution >= 0.6 is 0 Å². The second-order valence-electron chi connectivity index (χ2n) is 4.95. The minimum atomic E-state index is -0.732. The Morgan fingerprint density at radius 1 is 1.28 bits per heavy atom. The van der Waals surface area contributed by atoms with Crippen molar-refractivity contribution in [1.82, 2.24) is 0 Å². The Kier molecular flexibility index (Phi) is 5.63. The largest absolute Gasteiger partial charge is 0.493 e. The molecule has 0 amide bonds. The van der Waals surface area contributed by atoms with Crippen LogP contribution in [0.25, 0.3) is 0 Å². The number of benzene rings is 1. The Morgan fingerprint density at radius 2 is 1.89 bits per heavy atom.